The van der Waals surface area contributed by atoms with Crippen molar-refractivity contribution in [1.29, 1.82) is 0 Å². The number of carbonyl (C=O) groups excluding carboxylic acids is 1. The summed E-state index contributed by atoms with van der Waals surface area (Å²) in [4.78, 5) is 24.6. The smallest absolute Gasteiger partial charge is 0.339 e. The number of amides is 1. The van der Waals surface area contributed by atoms with Gasteiger partial charge < -0.3 is 29.2 Å². The van der Waals surface area contributed by atoms with Gasteiger partial charge in [-0.25, -0.2) is 4.79 Å². The number of benzene rings is 2. The molecular formula is C23H22N2O6. The van der Waals surface area contributed by atoms with Crippen LogP contribution < -0.4 is 19.5 Å². The second-order valence-electron chi connectivity index (χ2n) is 7.07. The van der Waals surface area contributed by atoms with E-state index >= 15 is 0 Å². The van der Waals surface area contributed by atoms with Crippen LogP contribution in [0.3, 0.4) is 0 Å². The molecule has 0 saturated carbocycles. The van der Waals surface area contributed by atoms with Crippen molar-refractivity contribution in [3.05, 3.63) is 65.5 Å². The molecule has 160 valence electrons. The van der Waals surface area contributed by atoms with E-state index in [0.29, 0.717) is 28.6 Å². The van der Waals surface area contributed by atoms with Gasteiger partial charge in [-0.15, -0.1) is 0 Å². The third-order valence-corrected chi connectivity index (χ3v) is 5.40. The maximum Gasteiger partial charge on any atom is 0.339 e. The van der Waals surface area contributed by atoms with Crippen LogP contribution in [0.1, 0.15) is 34.0 Å². The van der Waals surface area contributed by atoms with Crippen molar-refractivity contribution in [3.8, 4) is 22.9 Å². The molecule has 3 aromatic rings. The lowest BCUT2D eigenvalue weighted by Gasteiger charge is -2.28. The van der Waals surface area contributed by atoms with Crippen LogP contribution in [0.15, 0.2) is 48.7 Å². The van der Waals surface area contributed by atoms with Crippen molar-refractivity contribution in [2.45, 2.75) is 12.3 Å². The van der Waals surface area contributed by atoms with Gasteiger partial charge in [0.25, 0.3) is 0 Å². The lowest BCUT2D eigenvalue weighted by atomic mass is 9.87. The van der Waals surface area contributed by atoms with E-state index in [9.17, 15) is 14.7 Å². The summed E-state index contributed by atoms with van der Waals surface area (Å²) < 4.78 is 18.1. The molecule has 31 heavy (non-hydrogen) atoms. The third kappa shape index (κ3) is 3.46. The summed E-state index contributed by atoms with van der Waals surface area (Å²) in [6.45, 7) is 0. The number of anilines is 1. The summed E-state index contributed by atoms with van der Waals surface area (Å²) in [6, 6.07) is 12.7. The Hall–Kier alpha value is -3.94. The first-order valence-corrected chi connectivity index (χ1v) is 9.62. The fourth-order valence-electron chi connectivity index (χ4n) is 4.05. The molecular weight excluding hydrogens is 400 g/mol. The number of rotatable bonds is 6. The largest absolute Gasteiger partial charge is 0.497 e. The summed E-state index contributed by atoms with van der Waals surface area (Å²) in [5.74, 6) is -0.179. The van der Waals surface area contributed by atoms with Gasteiger partial charge in [0.2, 0.25) is 5.91 Å². The lowest BCUT2D eigenvalue weighted by Crippen LogP contribution is -2.25. The highest BCUT2D eigenvalue weighted by atomic mass is 16.5. The van der Waals surface area contributed by atoms with Gasteiger partial charge >= 0.3 is 5.97 Å². The summed E-state index contributed by atoms with van der Waals surface area (Å²) in [5, 5.41) is 12.5. The van der Waals surface area contributed by atoms with Crippen LogP contribution in [0.4, 0.5) is 5.69 Å². The molecule has 1 amide bonds. The highest BCUT2D eigenvalue weighted by Crippen LogP contribution is 2.46. The average molecular weight is 422 g/mol. The Balaban J connectivity index is 2.00. The molecule has 0 saturated heterocycles. The maximum absolute atomic E-state index is 12.6. The molecule has 8 heteroatoms. The SMILES string of the molecule is COc1cccc(-n2cc(C(=O)O)c3c2[C@H](c2cccc(OC)c2OC)CC(=O)N3)c1. The van der Waals surface area contributed by atoms with Gasteiger partial charge in [-0.3, -0.25) is 4.79 Å². The number of aromatic carboxylic acids is 1. The molecule has 0 aliphatic carbocycles. The highest BCUT2D eigenvalue weighted by molar-refractivity contribution is 6.04. The van der Waals surface area contributed by atoms with Crippen LogP contribution in [0.25, 0.3) is 5.69 Å². The normalized spacial score (nSPS) is 15.1. The second-order valence-corrected chi connectivity index (χ2v) is 7.07. The van der Waals surface area contributed by atoms with E-state index in [4.69, 9.17) is 14.2 Å². The van der Waals surface area contributed by atoms with E-state index in [1.165, 1.54) is 13.3 Å². The zero-order valence-electron chi connectivity index (χ0n) is 17.3. The van der Waals surface area contributed by atoms with Crippen molar-refractivity contribution < 1.29 is 28.9 Å². The van der Waals surface area contributed by atoms with Crippen molar-refractivity contribution in [1.82, 2.24) is 4.57 Å². The summed E-state index contributed by atoms with van der Waals surface area (Å²) in [5.41, 5.74) is 2.39. The molecule has 2 heterocycles. The van der Waals surface area contributed by atoms with Gasteiger partial charge in [0, 0.05) is 35.9 Å². The fraction of sp³-hybridized carbons (Fsp3) is 0.217. The second kappa shape index (κ2) is 8.06. The monoisotopic (exact) mass is 422 g/mol. The molecule has 0 unspecified atom stereocenters. The number of ether oxygens (including phenoxy) is 3. The van der Waals surface area contributed by atoms with Crippen LogP contribution in [0, 0.1) is 0 Å². The van der Waals surface area contributed by atoms with Crippen LogP contribution in [0.5, 0.6) is 17.2 Å². The van der Waals surface area contributed by atoms with Gasteiger partial charge in [-0.2, -0.15) is 0 Å². The molecule has 4 rings (SSSR count). The van der Waals surface area contributed by atoms with Gasteiger partial charge in [0.15, 0.2) is 11.5 Å². The minimum atomic E-state index is -1.13. The number of hydrogen-bond donors (Lipinski definition) is 2. The van der Waals surface area contributed by atoms with E-state index in [1.54, 1.807) is 24.9 Å². The number of para-hydroxylation sites is 1. The molecule has 1 aromatic heterocycles. The Morgan fingerprint density at radius 3 is 2.55 bits per heavy atom. The molecule has 1 aliphatic rings. The van der Waals surface area contributed by atoms with Gasteiger partial charge in [0.05, 0.1) is 32.7 Å². The Bertz CT molecular complexity index is 1170. The topological polar surface area (TPSA) is 99.0 Å². The minimum Gasteiger partial charge on any atom is -0.497 e. The number of carboxylic acids is 1. The van der Waals surface area contributed by atoms with Crippen LogP contribution in [-0.4, -0.2) is 42.9 Å². The molecule has 2 aromatic carbocycles. The summed E-state index contributed by atoms with van der Waals surface area (Å²) in [6.07, 6.45) is 1.65. The quantitative estimate of drug-likeness (QED) is 0.629. The van der Waals surface area contributed by atoms with Crippen molar-refractivity contribution >= 4 is 17.6 Å². The Morgan fingerprint density at radius 2 is 1.87 bits per heavy atom. The predicted octanol–water partition coefficient (Wildman–Crippen LogP) is 3.68. The first kappa shape index (κ1) is 20.3. The zero-order valence-corrected chi connectivity index (χ0v) is 17.3. The van der Waals surface area contributed by atoms with Gasteiger partial charge in [0.1, 0.15) is 11.3 Å². The van der Waals surface area contributed by atoms with E-state index in [1.807, 2.05) is 36.4 Å². The number of carbonyl (C=O) groups is 2. The molecule has 0 bridgehead atoms. The first-order valence-electron chi connectivity index (χ1n) is 9.62. The molecule has 0 fully saturated rings. The molecule has 2 N–H and O–H groups in total. The average Bonchev–Trinajstić information content (AvgIpc) is 3.17. The lowest BCUT2D eigenvalue weighted by molar-refractivity contribution is -0.116. The standard InChI is InChI=1S/C23H22N2O6/c1-29-14-7-4-6-13(10-14)25-12-17(23(27)28)20-21(25)16(11-19(26)24-20)15-8-5-9-18(30-2)22(15)31-3/h4-10,12,16H,11H2,1-3H3,(H,24,26)(H,27,28)/t16-/m0/s1. The van der Waals surface area contributed by atoms with Gasteiger partial charge in [-0.1, -0.05) is 18.2 Å². The Kier molecular flexibility index (Phi) is 5.29. The number of hydrogen-bond acceptors (Lipinski definition) is 5. The minimum absolute atomic E-state index is 0.0118. The highest BCUT2D eigenvalue weighted by Gasteiger charge is 2.36. The Morgan fingerprint density at radius 1 is 1.10 bits per heavy atom. The van der Waals surface area contributed by atoms with E-state index < -0.39 is 11.9 Å². The first-order chi connectivity index (χ1) is 15.0. The number of carboxylic acid groups (broad SMARTS) is 1. The molecule has 0 radical (unpaired) electrons. The van der Waals surface area contributed by atoms with E-state index in [-0.39, 0.29) is 23.6 Å². The van der Waals surface area contributed by atoms with Crippen LogP contribution >= 0.6 is 0 Å². The summed E-state index contributed by atoms with van der Waals surface area (Å²) in [7, 11) is 4.65. The van der Waals surface area contributed by atoms with Crippen LogP contribution in [0.2, 0.25) is 0 Å². The number of nitrogens with zero attached hydrogens (tertiary/aromatic N) is 1. The molecule has 0 spiro atoms. The summed E-state index contributed by atoms with van der Waals surface area (Å²) >= 11 is 0. The van der Waals surface area contributed by atoms with E-state index in [2.05, 4.69) is 5.32 Å². The Labute approximate surface area is 179 Å². The van der Waals surface area contributed by atoms with Crippen molar-refractivity contribution in [3.63, 3.8) is 0 Å². The van der Waals surface area contributed by atoms with E-state index in [0.717, 1.165) is 5.56 Å². The maximum atomic E-state index is 12.6. The predicted molar refractivity (Wildman–Crippen MR) is 114 cm³/mol. The van der Waals surface area contributed by atoms with Crippen molar-refractivity contribution in [2.24, 2.45) is 0 Å². The molecule has 8 nitrogen and oxygen atoms in total. The van der Waals surface area contributed by atoms with Crippen LogP contribution in [-0.2, 0) is 4.79 Å². The van der Waals surface area contributed by atoms with Crippen molar-refractivity contribution in [2.75, 3.05) is 26.6 Å². The van der Waals surface area contributed by atoms with Gasteiger partial charge in [-0.05, 0) is 18.2 Å². The number of aromatic nitrogens is 1. The molecule has 1 aliphatic heterocycles. The third-order valence-electron chi connectivity index (χ3n) is 5.40. The number of methoxy groups -OCH3 is 3. The number of fused-ring (bicyclic) bond motifs is 1. The number of nitrogens with one attached hydrogen (secondary N) is 1. The zero-order chi connectivity index (χ0) is 22.1. The molecule has 1 atom stereocenters. The fourth-order valence-corrected chi connectivity index (χ4v) is 4.05.